The van der Waals surface area contributed by atoms with Crippen LogP contribution in [0, 0.1) is 0 Å². The highest BCUT2D eigenvalue weighted by atomic mass is 16.6. The Morgan fingerprint density at radius 2 is 2.32 bits per heavy atom. The summed E-state index contributed by atoms with van der Waals surface area (Å²) in [4.78, 5) is 13.3. The summed E-state index contributed by atoms with van der Waals surface area (Å²) in [7, 11) is 0. The molecule has 116 valence electrons. The second-order valence-electron chi connectivity index (χ2n) is 5.31. The molecule has 6 nitrogen and oxygen atoms in total. The molecule has 1 aromatic carbocycles. The fraction of sp³-hybridized carbons (Fsp3) is 0.375. The summed E-state index contributed by atoms with van der Waals surface area (Å²) in [6, 6.07) is 10.1. The minimum atomic E-state index is -0.267. The lowest BCUT2D eigenvalue weighted by molar-refractivity contribution is 0.181. The molecule has 1 N–H and O–H groups in total. The van der Waals surface area contributed by atoms with Crippen molar-refractivity contribution >= 4 is 11.8 Å². The molecule has 2 heterocycles. The van der Waals surface area contributed by atoms with Gasteiger partial charge in [0.15, 0.2) is 0 Å². The van der Waals surface area contributed by atoms with Gasteiger partial charge in [-0.05, 0) is 30.7 Å². The molecule has 1 saturated heterocycles. The first-order valence-electron chi connectivity index (χ1n) is 7.49. The second kappa shape index (κ2) is 6.62. The molecule has 0 bridgehead atoms. The van der Waals surface area contributed by atoms with E-state index in [0.717, 1.165) is 24.3 Å². The standard InChI is InChI=1S/C16H20N4O2/c1-13(17-7-9-19-8-3-6-18-19)14-4-2-5-15(12-14)20-10-11-22-16(20)21/h2-6,8,12-13,17H,7,9-11H2,1H3/t13-/m0/s1. The van der Waals surface area contributed by atoms with E-state index in [-0.39, 0.29) is 12.1 Å². The zero-order valence-corrected chi connectivity index (χ0v) is 12.6. The molecule has 1 aliphatic heterocycles. The molecule has 0 saturated carbocycles. The van der Waals surface area contributed by atoms with Gasteiger partial charge in [-0.15, -0.1) is 0 Å². The van der Waals surface area contributed by atoms with Crippen LogP contribution >= 0.6 is 0 Å². The summed E-state index contributed by atoms with van der Waals surface area (Å²) in [6.45, 7) is 4.85. The van der Waals surface area contributed by atoms with Crippen LogP contribution in [-0.4, -0.2) is 35.6 Å². The summed E-state index contributed by atoms with van der Waals surface area (Å²) in [6.07, 6.45) is 3.46. The summed E-state index contributed by atoms with van der Waals surface area (Å²) in [5.41, 5.74) is 2.04. The number of hydrogen-bond acceptors (Lipinski definition) is 4. The molecule has 1 aliphatic rings. The average Bonchev–Trinajstić information content (AvgIpc) is 3.19. The molecule has 0 aliphatic carbocycles. The van der Waals surface area contributed by atoms with Gasteiger partial charge >= 0.3 is 6.09 Å². The van der Waals surface area contributed by atoms with Crippen molar-refractivity contribution in [1.82, 2.24) is 15.1 Å². The molecule has 1 aromatic heterocycles. The average molecular weight is 300 g/mol. The lowest BCUT2D eigenvalue weighted by Crippen LogP contribution is -2.25. The highest BCUT2D eigenvalue weighted by Gasteiger charge is 2.23. The molecule has 3 rings (SSSR count). The van der Waals surface area contributed by atoms with E-state index in [9.17, 15) is 4.79 Å². The molecule has 0 unspecified atom stereocenters. The van der Waals surface area contributed by atoms with E-state index < -0.39 is 0 Å². The van der Waals surface area contributed by atoms with Crippen molar-refractivity contribution in [3.8, 4) is 0 Å². The van der Waals surface area contributed by atoms with Gasteiger partial charge < -0.3 is 10.1 Å². The molecule has 1 atom stereocenters. The van der Waals surface area contributed by atoms with Crippen molar-refractivity contribution in [3.05, 3.63) is 48.3 Å². The van der Waals surface area contributed by atoms with Crippen molar-refractivity contribution in [1.29, 1.82) is 0 Å². The minimum absolute atomic E-state index is 0.203. The molecule has 22 heavy (non-hydrogen) atoms. The highest BCUT2D eigenvalue weighted by molar-refractivity contribution is 5.89. The Hall–Kier alpha value is -2.34. The number of hydrogen-bond donors (Lipinski definition) is 1. The monoisotopic (exact) mass is 300 g/mol. The maximum Gasteiger partial charge on any atom is 0.414 e. The van der Waals surface area contributed by atoms with Gasteiger partial charge in [0, 0.05) is 30.7 Å². The SMILES string of the molecule is C[C@H](NCCn1cccn1)c1cccc(N2CCOC2=O)c1. The fourth-order valence-electron chi connectivity index (χ4n) is 2.54. The number of nitrogens with zero attached hydrogens (tertiary/aromatic N) is 3. The molecular formula is C16H20N4O2. The number of aromatic nitrogens is 2. The van der Waals surface area contributed by atoms with Crippen molar-refractivity contribution in [3.63, 3.8) is 0 Å². The van der Waals surface area contributed by atoms with Gasteiger partial charge in [-0.2, -0.15) is 5.10 Å². The van der Waals surface area contributed by atoms with E-state index in [1.807, 2.05) is 35.1 Å². The summed E-state index contributed by atoms with van der Waals surface area (Å²) >= 11 is 0. The number of nitrogens with one attached hydrogen (secondary N) is 1. The Bertz CT molecular complexity index is 627. The third-order valence-electron chi connectivity index (χ3n) is 3.79. The fourth-order valence-corrected chi connectivity index (χ4v) is 2.54. The van der Waals surface area contributed by atoms with Crippen LogP contribution in [0.1, 0.15) is 18.5 Å². The maximum atomic E-state index is 11.6. The first kappa shape index (κ1) is 14.6. The van der Waals surface area contributed by atoms with Gasteiger partial charge in [-0.1, -0.05) is 12.1 Å². The lowest BCUT2D eigenvalue weighted by Gasteiger charge is -2.18. The summed E-state index contributed by atoms with van der Waals surface area (Å²) in [5, 5.41) is 7.65. The first-order chi connectivity index (χ1) is 10.7. The van der Waals surface area contributed by atoms with E-state index in [1.54, 1.807) is 11.1 Å². The van der Waals surface area contributed by atoms with Crippen LogP contribution in [0.3, 0.4) is 0 Å². The van der Waals surface area contributed by atoms with Gasteiger partial charge in [0.1, 0.15) is 6.61 Å². The highest BCUT2D eigenvalue weighted by Crippen LogP contribution is 2.23. The molecule has 6 heteroatoms. The smallest absolute Gasteiger partial charge is 0.414 e. The largest absolute Gasteiger partial charge is 0.447 e. The van der Waals surface area contributed by atoms with Crippen LogP contribution in [0.5, 0.6) is 0 Å². The predicted octanol–water partition coefficient (Wildman–Crippen LogP) is 2.19. The van der Waals surface area contributed by atoms with Crippen LogP contribution in [0.2, 0.25) is 0 Å². The Morgan fingerprint density at radius 3 is 3.05 bits per heavy atom. The lowest BCUT2D eigenvalue weighted by atomic mass is 10.1. The number of amides is 1. The van der Waals surface area contributed by atoms with E-state index in [4.69, 9.17) is 4.74 Å². The number of carbonyl (C=O) groups excluding carboxylic acids is 1. The quantitative estimate of drug-likeness (QED) is 0.888. The Balaban J connectivity index is 1.60. The molecule has 1 fully saturated rings. The van der Waals surface area contributed by atoms with Crippen molar-refractivity contribution in [2.75, 3.05) is 24.6 Å². The summed E-state index contributed by atoms with van der Waals surface area (Å²) in [5.74, 6) is 0. The number of ether oxygens (including phenoxy) is 1. The first-order valence-corrected chi connectivity index (χ1v) is 7.49. The second-order valence-corrected chi connectivity index (χ2v) is 5.31. The Morgan fingerprint density at radius 1 is 1.41 bits per heavy atom. The van der Waals surface area contributed by atoms with Gasteiger partial charge in [-0.3, -0.25) is 9.58 Å². The minimum Gasteiger partial charge on any atom is -0.447 e. The topological polar surface area (TPSA) is 59.4 Å². The molecule has 2 aromatic rings. The van der Waals surface area contributed by atoms with E-state index >= 15 is 0 Å². The van der Waals surface area contributed by atoms with Crippen molar-refractivity contribution < 1.29 is 9.53 Å². The molecular weight excluding hydrogens is 280 g/mol. The van der Waals surface area contributed by atoms with Gasteiger partial charge in [-0.25, -0.2) is 4.79 Å². The van der Waals surface area contributed by atoms with Crippen LogP contribution in [0.4, 0.5) is 10.5 Å². The Kier molecular flexibility index (Phi) is 4.39. The number of anilines is 1. The number of benzene rings is 1. The van der Waals surface area contributed by atoms with Gasteiger partial charge in [0.2, 0.25) is 0 Å². The predicted molar refractivity (Wildman–Crippen MR) is 83.8 cm³/mol. The van der Waals surface area contributed by atoms with E-state index in [0.29, 0.717) is 13.2 Å². The van der Waals surface area contributed by atoms with Crippen LogP contribution in [-0.2, 0) is 11.3 Å². The van der Waals surface area contributed by atoms with E-state index in [1.165, 1.54) is 0 Å². The molecule has 0 spiro atoms. The van der Waals surface area contributed by atoms with Crippen LogP contribution in [0.15, 0.2) is 42.7 Å². The van der Waals surface area contributed by atoms with Crippen molar-refractivity contribution in [2.45, 2.75) is 19.5 Å². The van der Waals surface area contributed by atoms with Gasteiger partial charge in [0.25, 0.3) is 0 Å². The van der Waals surface area contributed by atoms with Crippen LogP contribution in [0.25, 0.3) is 0 Å². The molecule has 1 amide bonds. The third-order valence-corrected chi connectivity index (χ3v) is 3.79. The zero-order chi connectivity index (χ0) is 15.4. The number of carbonyl (C=O) groups is 1. The Labute approximate surface area is 129 Å². The van der Waals surface area contributed by atoms with Crippen molar-refractivity contribution in [2.24, 2.45) is 0 Å². The van der Waals surface area contributed by atoms with Gasteiger partial charge in [0.05, 0.1) is 13.1 Å². The number of rotatable bonds is 6. The van der Waals surface area contributed by atoms with E-state index in [2.05, 4.69) is 23.4 Å². The summed E-state index contributed by atoms with van der Waals surface area (Å²) < 4.78 is 6.89. The normalized spacial score (nSPS) is 15.9. The maximum absolute atomic E-state index is 11.6. The third kappa shape index (κ3) is 3.28. The zero-order valence-electron chi connectivity index (χ0n) is 12.6. The number of cyclic esters (lactones) is 1. The molecule has 0 radical (unpaired) electrons. The van der Waals surface area contributed by atoms with Crippen LogP contribution < -0.4 is 10.2 Å².